The number of anilines is 1. The van der Waals surface area contributed by atoms with Gasteiger partial charge < -0.3 is 4.74 Å². The Kier molecular flexibility index (Phi) is 6.78. The molecule has 0 radical (unpaired) electrons. The molecule has 0 saturated heterocycles. The highest BCUT2D eigenvalue weighted by Gasteiger charge is 2.15. The number of hydrazone groups is 1. The van der Waals surface area contributed by atoms with E-state index in [1.165, 1.54) is 11.1 Å². The lowest BCUT2D eigenvalue weighted by atomic mass is 10.0. The second-order valence-corrected chi connectivity index (χ2v) is 8.40. The summed E-state index contributed by atoms with van der Waals surface area (Å²) in [7, 11) is 0. The maximum atomic E-state index is 5.51. The normalized spacial score (nSPS) is 10.9. The fourth-order valence-corrected chi connectivity index (χ4v) is 4.15. The molecule has 0 amide bonds. The van der Waals surface area contributed by atoms with E-state index < -0.39 is 0 Å². The van der Waals surface area contributed by atoms with Crippen molar-refractivity contribution >= 4 is 22.7 Å². The lowest BCUT2D eigenvalue weighted by Gasteiger charge is -2.05. The van der Waals surface area contributed by atoms with Gasteiger partial charge >= 0.3 is 0 Å². The summed E-state index contributed by atoms with van der Waals surface area (Å²) in [4.78, 5) is 5.99. The number of ether oxygens (including phenoxy) is 1. The van der Waals surface area contributed by atoms with Gasteiger partial charge in [-0.25, -0.2) is 4.98 Å². The molecule has 0 saturated carbocycles. The average molecular weight is 440 g/mol. The van der Waals surface area contributed by atoms with Crippen LogP contribution in [0.3, 0.4) is 0 Å². The van der Waals surface area contributed by atoms with Crippen molar-refractivity contribution in [1.82, 2.24) is 4.98 Å². The van der Waals surface area contributed by atoms with Gasteiger partial charge in [-0.3, -0.25) is 5.43 Å². The number of aryl methyl sites for hydroxylation is 2. The monoisotopic (exact) mass is 439 g/mol. The largest absolute Gasteiger partial charge is 0.490 e. The maximum absolute atomic E-state index is 5.51. The van der Waals surface area contributed by atoms with Crippen LogP contribution in [0.1, 0.15) is 16.7 Å². The Bertz CT molecular complexity index is 1230. The number of hydrogen-bond acceptors (Lipinski definition) is 5. The van der Waals surface area contributed by atoms with Gasteiger partial charge in [0.05, 0.1) is 16.8 Å². The van der Waals surface area contributed by atoms with Crippen LogP contribution in [0.25, 0.3) is 21.7 Å². The van der Waals surface area contributed by atoms with Gasteiger partial charge in [-0.05, 0) is 66.4 Å². The molecule has 0 unspecified atom stereocenters. The summed E-state index contributed by atoms with van der Waals surface area (Å²) in [6.45, 7) is 8.40. The molecule has 0 aliphatic rings. The standard InChI is InChI=1S/C27H25N3OS/c1-4-16-31-24-14-11-21(12-15-24)18-28-30-27-29-25(23-13-10-19(2)20(3)17-23)26(32-27)22-8-6-5-7-9-22/h4-15,17-18H,1,16H2,2-3H3,(H,29,30)/b28-18-. The molecule has 160 valence electrons. The number of thiazole rings is 1. The molecule has 3 aromatic carbocycles. The van der Waals surface area contributed by atoms with E-state index >= 15 is 0 Å². The SMILES string of the molecule is C=CCOc1ccc(/C=N\Nc2nc(-c3ccc(C)c(C)c3)c(-c3ccccc3)s2)cc1. The first kappa shape index (κ1) is 21.5. The van der Waals surface area contributed by atoms with E-state index in [0.29, 0.717) is 6.61 Å². The fourth-order valence-electron chi connectivity index (χ4n) is 3.20. The maximum Gasteiger partial charge on any atom is 0.204 e. The van der Waals surface area contributed by atoms with Gasteiger partial charge in [0.1, 0.15) is 12.4 Å². The quantitative estimate of drug-likeness (QED) is 0.181. The predicted octanol–water partition coefficient (Wildman–Crippen LogP) is 7.10. The summed E-state index contributed by atoms with van der Waals surface area (Å²) in [6, 6.07) is 24.6. The van der Waals surface area contributed by atoms with Crippen LogP contribution >= 0.6 is 11.3 Å². The molecule has 1 heterocycles. The zero-order valence-corrected chi connectivity index (χ0v) is 19.0. The van der Waals surface area contributed by atoms with E-state index in [2.05, 4.69) is 61.3 Å². The molecule has 4 aromatic rings. The highest BCUT2D eigenvalue weighted by Crippen LogP contribution is 2.39. The van der Waals surface area contributed by atoms with Gasteiger partial charge in [0.2, 0.25) is 5.13 Å². The molecule has 1 aromatic heterocycles. The second kappa shape index (κ2) is 10.1. The van der Waals surface area contributed by atoms with Crippen LogP contribution in [-0.2, 0) is 0 Å². The molecule has 0 atom stereocenters. The van der Waals surface area contributed by atoms with Crippen molar-refractivity contribution in [2.45, 2.75) is 13.8 Å². The Hall–Kier alpha value is -3.70. The lowest BCUT2D eigenvalue weighted by Crippen LogP contribution is -1.93. The minimum absolute atomic E-state index is 0.492. The van der Waals surface area contributed by atoms with Crippen molar-refractivity contribution in [1.29, 1.82) is 0 Å². The molecule has 0 fully saturated rings. The minimum atomic E-state index is 0.492. The Labute approximate surface area is 192 Å². The highest BCUT2D eigenvalue weighted by molar-refractivity contribution is 7.19. The number of aromatic nitrogens is 1. The third kappa shape index (κ3) is 5.13. The molecule has 0 bridgehead atoms. The van der Waals surface area contributed by atoms with Gasteiger partial charge in [-0.1, -0.05) is 66.5 Å². The van der Waals surface area contributed by atoms with Crippen molar-refractivity contribution in [3.63, 3.8) is 0 Å². The van der Waals surface area contributed by atoms with Gasteiger partial charge in [0.15, 0.2) is 0 Å². The van der Waals surface area contributed by atoms with E-state index in [1.54, 1.807) is 23.6 Å². The van der Waals surface area contributed by atoms with Gasteiger partial charge in [0, 0.05) is 5.56 Å². The molecule has 1 N–H and O–H groups in total. The number of nitrogens with one attached hydrogen (secondary N) is 1. The second-order valence-electron chi connectivity index (χ2n) is 7.40. The van der Waals surface area contributed by atoms with Gasteiger partial charge in [0.25, 0.3) is 0 Å². The molecule has 5 heteroatoms. The van der Waals surface area contributed by atoms with E-state index in [9.17, 15) is 0 Å². The van der Waals surface area contributed by atoms with Crippen molar-refractivity contribution < 1.29 is 4.74 Å². The van der Waals surface area contributed by atoms with Crippen LogP contribution in [0.2, 0.25) is 0 Å². The Morgan fingerprint density at radius 3 is 2.47 bits per heavy atom. The third-order valence-electron chi connectivity index (χ3n) is 5.07. The first-order chi connectivity index (χ1) is 15.6. The molecule has 0 aliphatic heterocycles. The minimum Gasteiger partial charge on any atom is -0.490 e. The lowest BCUT2D eigenvalue weighted by molar-refractivity contribution is 0.363. The van der Waals surface area contributed by atoms with E-state index in [1.807, 2.05) is 42.5 Å². The van der Waals surface area contributed by atoms with Crippen LogP contribution in [0.15, 0.2) is 90.6 Å². The summed E-state index contributed by atoms with van der Waals surface area (Å²) in [5.74, 6) is 0.806. The number of hydrogen-bond donors (Lipinski definition) is 1. The first-order valence-corrected chi connectivity index (χ1v) is 11.2. The van der Waals surface area contributed by atoms with Gasteiger partial charge in [-0.15, -0.1) is 0 Å². The number of benzene rings is 3. The first-order valence-electron chi connectivity index (χ1n) is 10.4. The van der Waals surface area contributed by atoms with Crippen molar-refractivity contribution in [3.8, 4) is 27.4 Å². The smallest absolute Gasteiger partial charge is 0.204 e. The van der Waals surface area contributed by atoms with Crippen molar-refractivity contribution in [2.24, 2.45) is 5.10 Å². The van der Waals surface area contributed by atoms with E-state index in [-0.39, 0.29) is 0 Å². The summed E-state index contributed by atoms with van der Waals surface area (Å²) in [5, 5.41) is 5.14. The molecule has 0 spiro atoms. The van der Waals surface area contributed by atoms with Crippen LogP contribution < -0.4 is 10.2 Å². The van der Waals surface area contributed by atoms with E-state index in [0.717, 1.165) is 38.1 Å². The zero-order chi connectivity index (χ0) is 22.3. The molecule has 4 rings (SSSR count). The molecule has 0 aliphatic carbocycles. The topological polar surface area (TPSA) is 46.5 Å². The Morgan fingerprint density at radius 1 is 0.969 bits per heavy atom. The predicted molar refractivity (Wildman–Crippen MR) is 136 cm³/mol. The summed E-state index contributed by atoms with van der Waals surface area (Å²) in [6.07, 6.45) is 3.50. The Morgan fingerprint density at radius 2 is 1.75 bits per heavy atom. The van der Waals surface area contributed by atoms with Crippen LogP contribution in [-0.4, -0.2) is 17.8 Å². The molecule has 32 heavy (non-hydrogen) atoms. The van der Waals surface area contributed by atoms with Crippen molar-refractivity contribution in [3.05, 3.63) is 102 Å². The zero-order valence-electron chi connectivity index (χ0n) is 18.2. The summed E-state index contributed by atoms with van der Waals surface area (Å²) >= 11 is 1.60. The summed E-state index contributed by atoms with van der Waals surface area (Å²) in [5.41, 5.74) is 9.81. The van der Waals surface area contributed by atoms with Crippen LogP contribution in [0, 0.1) is 13.8 Å². The van der Waals surface area contributed by atoms with E-state index in [4.69, 9.17) is 9.72 Å². The van der Waals surface area contributed by atoms with Gasteiger partial charge in [-0.2, -0.15) is 5.10 Å². The summed E-state index contributed by atoms with van der Waals surface area (Å²) < 4.78 is 5.51. The van der Waals surface area contributed by atoms with Crippen molar-refractivity contribution in [2.75, 3.05) is 12.0 Å². The molecular formula is C27H25N3OS. The fraction of sp³-hybridized carbons (Fsp3) is 0.111. The average Bonchev–Trinajstić information content (AvgIpc) is 3.25. The van der Waals surface area contributed by atoms with Crippen LogP contribution in [0.4, 0.5) is 5.13 Å². The number of rotatable bonds is 8. The number of nitrogens with zero attached hydrogens (tertiary/aromatic N) is 2. The molecule has 4 nitrogen and oxygen atoms in total. The third-order valence-corrected chi connectivity index (χ3v) is 6.07. The Balaban J connectivity index is 1.58. The molecular weight excluding hydrogens is 414 g/mol. The highest BCUT2D eigenvalue weighted by atomic mass is 32.1. The van der Waals surface area contributed by atoms with Crippen LogP contribution in [0.5, 0.6) is 5.75 Å².